The number of ether oxygens (including phenoxy) is 1. The molecule has 2 rings (SSSR count). The Morgan fingerprint density at radius 1 is 1.30 bits per heavy atom. The standard InChI is InChI=1S/C16H17NO3/c1-20-16(19)14-8-5-11-17(12-14)15(18)10-9-13-6-3-2-4-7-13/h2-4,6-7,14H,5,8,11-12H2,1H3. The molecule has 0 aromatic heterocycles. The fraction of sp³-hybridized carbons (Fsp3) is 0.375. The average molecular weight is 271 g/mol. The Kier molecular flexibility index (Phi) is 4.78. The first-order valence-electron chi connectivity index (χ1n) is 6.64. The number of hydrogen-bond donors (Lipinski definition) is 0. The zero-order valence-corrected chi connectivity index (χ0v) is 11.5. The van der Waals surface area contributed by atoms with Crippen molar-refractivity contribution in [1.29, 1.82) is 0 Å². The normalized spacial score (nSPS) is 17.9. The highest BCUT2D eigenvalue weighted by Gasteiger charge is 2.28. The Morgan fingerprint density at radius 3 is 2.75 bits per heavy atom. The lowest BCUT2D eigenvalue weighted by atomic mass is 9.98. The summed E-state index contributed by atoms with van der Waals surface area (Å²) in [6.45, 7) is 1.05. The van der Waals surface area contributed by atoms with Gasteiger partial charge in [0.15, 0.2) is 0 Å². The molecule has 0 aliphatic carbocycles. The number of nitrogens with zero attached hydrogens (tertiary/aromatic N) is 1. The summed E-state index contributed by atoms with van der Waals surface area (Å²) in [5, 5.41) is 0. The van der Waals surface area contributed by atoms with Crippen molar-refractivity contribution in [1.82, 2.24) is 4.90 Å². The third kappa shape index (κ3) is 3.61. The second-order valence-electron chi connectivity index (χ2n) is 4.73. The van der Waals surface area contributed by atoms with Crippen LogP contribution in [0.15, 0.2) is 30.3 Å². The van der Waals surface area contributed by atoms with Crippen LogP contribution in [0, 0.1) is 17.8 Å². The maximum atomic E-state index is 12.0. The van der Waals surface area contributed by atoms with Crippen molar-refractivity contribution in [2.75, 3.05) is 20.2 Å². The number of esters is 1. The fourth-order valence-electron chi connectivity index (χ4n) is 2.25. The van der Waals surface area contributed by atoms with Gasteiger partial charge in [0, 0.05) is 24.6 Å². The number of amides is 1. The van der Waals surface area contributed by atoms with E-state index in [0.717, 1.165) is 18.4 Å². The van der Waals surface area contributed by atoms with Gasteiger partial charge in [-0.3, -0.25) is 9.59 Å². The molecule has 1 unspecified atom stereocenters. The number of piperidine rings is 1. The van der Waals surface area contributed by atoms with Gasteiger partial charge in [0.05, 0.1) is 13.0 Å². The van der Waals surface area contributed by atoms with Crippen LogP contribution in [-0.2, 0) is 14.3 Å². The number of hydrogen-bond acceptors (Lipinski definition) is 3. The zero-order chi connectivity index (χ0) is 14.4. The summed E-state index contributed by atoms with van der Waals surface area (Å²) < 4.78 is 4.73. The maximum Gasteiger partial charge on any atom is 0.310 e. The molecule has 1 atom stereocenters. The van der Waals surface area contributed by atoms with Crippen molar-refractivity contribution >= 4 is 11.9 Å². The molecule has 0 spiro atoms. The fourth-order valence-corrected chi connectivity index (χ4v) is 2.25. The van der Waals surface area contributed by atoms with Crippen molar-refractivity contribution in [3.8, 4) is 11.8 Å². The Hall–Kier alpha value is -2.28. The molecule has 1 aliphatic heterocycles. The van der Waals surface area contributed by atoms with Crippen LogP contribution < -0.4 is 0 Å². The van der Waals surface area contributed by atoms with E-state index in [4.69, 9.17) is 4.74 Å². The lowest BCUT2D eigenvalue weighted by molar-refractivity contribution is -0.148. The summed E-state index contributed by atoms with van der Waals surface area (Å²) in [7, 11) is 1.37. The molecule has 1 aromatic rings. The van der Waals surface area contributed by atoms with E-state index in [-0.39, 0.29) is 17.8 Å². The summed E-state index contributed by atoms with van der Waals surface area (Å²) in [4.78, 5) is 25.2. The highest BCUT2D eigenvalue weighted by molar-refractivity contribution is 5.94. The number of rotatable bonds is 1. The van der Waals surface area contributed by atoms with Crippen LogP contribution in [0.4, 0.5) is 0 Å². The first-order chi connectivity index (χ1) is 9.70. The van der Waals surface area contributed by atoms with Gasteiger partial charge >= 0.3 is 5.97 Å². The molecule has 20 heavy (non-hydrogen) atoms. The summed E-state index contributed by atoms with van der Waals surface area (Å²) in [6.07, 6.45) is 1.57. The van der Waals surface area contributed by atoms with E-state index in [2.05, 4.69) is 11.8 Å². The molecule has 0 N–H and O–H groups in total. The Labute approximate surface area is 118 Å². The lowest BCUT2D eigenvalue weighted by Gasteiger charge is -2.29. The molecule has 1 fully saturated rings. The second-order valence-corrected chi connectivity index (χ2v) is 4.73. The molecule has 0 saturated carbocycles. The van der Waals surface area contributed by atoms with Crippen LogP contribution in [0.1, 0.15) is 18.4 Å². The van der Waals surface area contributed by atoms with Gasteiger partial charge in [-0.15, -0.1) is 0 Å². The number of benzene rings is 1. The molecular formula is C16H17NO3. The highest BCUT2D eigenvalue weighted by atomic mass is 16.5. The zero-order valence-electron chi connectivity index (χ0n) is 11.5. The van der Waals surface area contributed by atoms with Gasteiger partial charge in [0.1, 0.15) is 0 Å². The molecule has 1 aromatic carbocycles. The van der Waals surface area contributed by atoms with Gasteiger partial charge in [-0.25, -0.2) is 0 Å². The third-order valence-electron chi connectivity index (χ3n) is 3.33. The van der Waals surface area contributed by atoms with Crippen LogP contribution in [0.3, 0.4) is 0 Å². The molecule has 1 aliphatic rings. The number of carbonyl (C=O) groups is 2. The minimum Gasteiger partial charge on any atom is -0.469 e. The van der Waals surface area contributed by atoms with E-state index in [1.54, 1.807) is 4.90 Å². The van der Waals surface area contributed by atoms with Crippen LogP contribution in [0.2, 0.25) is 0 Å². The molecule has 0 bridgehead atoms. The molecule has 4 heteroatoms. The molecule has 1 saturated heterocycles. The van der Waals surface area contributed by atoms with Crippen molar-refractivity contribution < 1.29 is 14.3 Å². The van der Waals surface area contributed by atoms with Crippen molar-refractivity contribution in [3.63, 3.8) is 0 Å². The third-order valence-corrected chi connectivity index (χ3v) is 3.33. The van der Waals surface area contributed by atoms with E-state index < -0.39 is 0 Å². The van der Waals surface area contributed by atoms with E-state index in [9.17, 15) is 9.59 Å². The van der Waals surface area contributed by atoms with Gasteiger partial charge in [0.25, 0.3) is 5.91 Å². The van der Waals surface area contributed by atoms with Gasteiger partial charge in [-0.1, -0.05) is 24.1 Å². The largest absolute Gasteiger partial charge is 0.469 e. The maximum absolute atomic E-state index is 12.0. The van der Waals surface area contributed by atoms with Crippen molar-refractivity contribution in [2.24, 2.45) is 5.92 Å². The molecule has 0 radical (unpaired) electrons. The van der Waals surface area contributed by atoms with Gasteiger partial charge < -0.3 is 9.64 Å². The first kappa shape index (κ1) is 14.1. The van der Waals surface area contributed by atoms with Crippen LogP contribution in [0.25, 0.3) is 0 Å². The Bertz CT molecular complexity index is 542. The van der Waals surface area contributed by atoms with Gasteiger partial charge in [0.2, 0.25) is 0 Å². The quantitative estimate of drug-likeness (QED) is 0.574. The van der Waals surface area contributed by atoms with Gasteiger partial charge in [-0.2, -0.15) is 0 Å². The predicted molar refractivity (Wildman–Crippen MR) is 74.6 cm³/mol. The van der Waals surface area contributed by atoms with Crippen LogP contribution in [0.5, 0.6) is 0 Å². The Balaban J connectivity index is 1.99. The topological polar surface area (TPSA) is 46.6 Å². The molecular weight excluding hydrogens is 254 g/mol. The minimum atomic E-state index is -0.251. The van der Waals surface area contributed by atoms with Crippen LogP contribution >= 0.6 is 0 Å². The molecule has 104 valence electrons. The number of methoxy groups -OCH3 is 1. The SMILES string of the molecule is COC(=O)C1CCCN(C(=O)C#Cc2ccccc2)C1. The van der Waals surface area contributed by atoms with E-state index >= 15 is 0 Å². The minimum absolute atomic E-state index is 0.226. The Morgan fingerprint density at radius 2 is 2.05 bits per heavy atom. The average Bonchev–Trinajstić information content (AvgIpc) is 2.53. The van der Waals surface area contributed by atoms with Crippen molar-refractivity contribution in [3.05, 3.63) is 35.9 Å². The van der Waals surface area contributed by atoms with E-state index in [0.29, 0.717) is 13.1 Å². The van der Waals surface area contributed by atoms with Crippen LogP contribution in [-0.4, -0.2) is 37.0 Å². The summed E-state index contributed by atoms with van der Waals surface area (Å²) in [5.41, 5.74) is 0.808. The predicted octanol–water partition coefficient (Wildman–Crippen LogP) is 1.45. The summed E-state index contributed by atoms with van der Waals surface area (Å²) in [6, 6.07) is 9.37. The lowest BCUT2D eigenvalue weighted by Crippen LogP contribution is -2.42. The molecule has 1 heterocycles. The highest BCUT2D eigenvalue weighted by Crippen LogP contribution is 2.17. The number of carbonyl (C=O) groups excluding carboxylic acids is 2. The van der Waals surface area contributed by atoms with E-state index in [1.807, 2.05) is 30.3 Å². The molecule has 1 amide bonds. The van der Waals surface area contributed by atoms with E-state index in [1.165, 1.54) is 7.11 Å². The summed E-state index contributed by atoms with van der Waals surface area (Å²) in [5.74, 6) is 4.76. The number of likely N-dealkylation sites (tertiary alicyclic amines) is 1. The second kappa shape index (κ2) is 6.76. The monoisotopic (exact) mass is 271 g/mol. The smallest absolute Gasteiger partial charge is 0.310 e. The molecule has 4 nitrogen and oxygen atoms in total. The van der Waals surface area contributed by atoms with Gasteiger partial charge in [-0.05, 0) is 25.0 Å². The first-order valence-corrected chi connectivity index (χ1v) is 6.64. The van der Waals surface area contributed by atoms with Crippen molar-refractivity contribution in [2.45, 2.75) is 12.8 Å². The summed E-state index contributed by atoms with van der Waals surface area (Å²) >= 11 is 0.